The van der Waals surface area contributed by atoms with Gasteiger partial charge in [-0.2, -0.15) is 0 Å². The number of nitrogens with one attached hydrogen (secondary N) is 1. The molecule has 0 bridgehead atoms. The number of nitrogens with zero attached hydrogens (tertiary/aromatic N) is 1. The highest BCUT2D eigenvalue weighted by atomic mass is 35.5. The lowest BCUT2D eigenvalue weighted by molar-refractivity contribution is -0.119. The highest BCUT2D eigenvalue weighted by molar-refractivity contribution is 7.89. The molecular formula is C17H16ClFN2O5S. The Kier molecular flexibility index (Phi) is 6.53. The highest BCUT2D eigenvalue weighted by Gasteiger charge is 2.23. The number of benzene rings is 2. The van der Waals surface area contributed by atoms with E-state index >= 15 is 0 Å². The number of sulfonamides is 1. The predicted octanol–water partition coefficient (Wildman–Crippen LogP) is 2.52. The molecule has 0 saturated heterocycles. The Hall–Kier alpha value is -2.49. The van der Waals surface area contributed by atoms with Crippen LogP contribution in [-0.2, 0) is 19.6 Å². The molecule has 2 aromatic rings. The fourth-order valence-electron chi connectivity index (χ4n) is 1.97. The third-order valence-corrected chi connectivity index (χ3v) is 5.68. The van der Waals surface area contributed by atoms with E-state index in [0.29, 0.717) is 5.69 Å². The SMILES string of the molecule is CN(C)S(=O)(=O)c1cc(C(=O)OCC(=O)Nc2ccc(F)cc2)ccc1Cl. The van der Waals surface area contributed by atoms with Crippen molar-refractivity contribution in [3.63, 3.8) is 0 Å². The molecule has 27 heavy (non-hydrogen) atoms. The van der Waals surface area contributed by atoms with Gasteiger partial charge in [-0.25, -0.2) is 21.9 Å². The summed E-state index contributed by atoms with van der Waals surface area (Å²) in [7, 11) is -1.20. The van der Waals surface area contributed by atoms with Gasteiger partial charge in [-0.05, 0) is 42.5 Å². The number of esters is 1. The summed E-state index contributed by atoms with van der Waals surface area (Å²) in [6.45, 7) is -0.603. The van der Waals surface area contributed by atoms with Gasteiger partial charge in [0.1, 0.15) is 10.7 Å². The third kappa shape index (κ3) is 5.25. The van der Waals surface area contributed by atoms with Crippen LogP contribution >= 0.6 is 11.6 Å². The van der Waals surface area contributed by atoms with Gasteiger partial charge in [0.05, 0.1) is 10.6 Å². The molecule has 7 nitrogen and oxygen atoms in total. The Labute approximate surface area is 160 Å². The molecule has 2 rings (SSSR count). The molecule has 1 amide bonds. The van der Waals surface area contributed by atoms with E-state index in [9.17, 15) is 22.4 Å². The van der Waals surface area contributed by atoms with Crippen molar-refractivity contribution in [1.82, 2.24) is 4.31 Å². The molecule has 0 heterocycles. The van der Waals surface area contributed by atoms with Crippen LogP contribution in [0.4, 0.5) is 10.1 Å². The van der Waals surface area contributed by atoms with Crippen molar-refractivity contribution < 1.29 is 27.1 Å². The lowest BCUT2D eigenvalue weighted by Crippen LogP contribution is -2.23. The van der Waals surface area contributed by atoms with Gasteiger partial charge < -0.3 is 10.1 Å². The predicted molar refractivity (Wildman–Crippen MR) is 97.6 cm³/mol. The second-order valence-corrected chi connectivity index (χ2v) is 8.09. The Morgan fingerprint density at radius 3 is 2.37 bits per heavy atom. The highest BCUT2D eigenvalue weighted by Crippen LogP contribution is 2.25. The van der Waals surface area contributed by atoms with Crippen LogP contribution in [0.2, 0.25) is 5.02 Å². The minimum Gasteiger partial charge on any atom is -0.452 e. The van der Waals surface area contributed by atoms with E-state index in [1.807, 2.05) is 0 Å². The summed E-state index contributed by atoms with van der Waals surface area (Å²) in [6.07, 6.45) is 0. The van der Waals surface area contributed by atoms with E-state index in [1.54, 1.807) is 0 Å². The van der Waals surface area contributed by atoms with Gasteiger partial charge in [-0.1, -0.05) is 11.6 Å². The molecule has 144 valence electrons. The van der Waals surface area contributed by atoms with E-state index in [1.165, 1.54) is 50.5 Å². The fraction of sp³-hybridized carbons (Fsp3) is 0.176. The smallest absolute Gasteiger partial charge is 0.338 e. The monoisotopic (exact) mass is 414 g/mol. The number of rotatable bonds is 6. The maximum atomic E-state index is 12.8. The second kappa shape index (κ2) is 8.47. The van der Waals surface area contributed by atoms with Crippen LogP contribution in [0.3, 0.4) is 0 Å². The molecule has 0 aromatic heterocycles. The molecule has 0 aliphatic carbocycles. The summed E-state index contributed by atoms with van der Waals surface area (Å²) in [6, 6.07) is 8.67. The van der Waals surface area contributed by atoms with Gasteiger partial charge in [0.15, 0.2) is 6.61 Å². The lowest BCUT2D eigenvalue weighted by atomic mass is 10.2. The van der Waals surface area contributed by atoms with Crippen LogP contribution in [0.1, 0.15) is 10.4 Å². The minimum absolute atomic E-state index is 0.0469. The first-order valence-corrected chi connectivity index (χ1v) is 9.37. The lowest BCUT2D eigenvalue weighted by Gasteiger charge is -2.13. The summed E-state index contributed by atoms with van der Waals surface area (Å²) < 4.78 is 43.1. The molecule has 0 atom stereocenters. The van der Waals surface area contributed by atoms with Gasteiger partial charge in [-0.15, -0.1) is 0 Å². The van der Waals surface area contributed by atoms with Crippen molar-refractivity contribution in [3.8, 4) is 0 Å². The van der Waals surface area contributed by atoms with E-state index in [2.05, 4.69) is 5.32 Å². The third-order valence-electron chi connectivity index (χ3n) is 3.39. The quantitative estimate of drug-likeness (QED) is 0.733. The summed E-state index contributed by atoms with van der Waals surface area (Å²) in [5.74, 6) is -1.98. The van der Waals surface area contributed by atoms with Crippen LogP contribution in [0, 0.1) is 5.82 Å². The zero-order valence-electron chi connectivity index (χ0n) is 14.4. The molecular weight excluding hydrogens is 399 g/mol. The van der Waals surface area contributed by atoms with E-state index in [0.717, 1.165) is 10.4 Å². The largest absolute Gasteiger partial charge is 0.452 e. The van der Waals surface area contributed by atoms with Crippen LogP contribution in [0.25, 0.3) is 0 Å². The number of anilines is 1. The second-order valence-electron chi connectivity index (χ2n) is 5.56. The summed E-state index contributed by atoms with van der Waals surface area (Å²) in [5, 5.41) is 2.38. The maximum Gasteiger partial charge on any atom is 0.338 e. The number of carbonyl (C=O) groups is 2. The van der Waals surface area contributed by atoms with Crippen molar-refractivity contribution in [2.24, 2.45) is 0 Å². The van der Waals surface area contributed by atoms with Crippen molar-refractivity contribution in [1.29, 1.82) is 0 Å². The Bertz CT molecular complexity index is 962. The van der Waals surface area contributed by atoms with E-state index in [4.69, 9.17) is 16.3 Å². The number of halogens is 2. The van der Waals surface area contributed by atoms with Gasteiger partial charge >= 0.3 is 5.97 Å². The topological polar surface area (TPSA) is 92.8 Å². The van der Waals surface area contributed by atoms with Gasteiger partial charge in [0.2, 0.25) is 10.0 Å². The van der Waals surface area contributed by atoms with Crippen LogP contribution in [-0.4, -0.2) is 45.3 Å². The average Bonchev–Trinajstić information content (AvgIpc) is 2.61. The zero-order chi connectivity index (χ0) is 20.2. The summed E-state index contributed by atoms with van der Waals surface area (Å²) in [4.78, 5) is 23.6. The number of ether oxygens (including phenoxy) is 1. The first-order chi connectivity index (χ1) is 12.6. The Morgan fingerprint density at radius 1 is 1.15 bits per heavy atom. The maximum absolute atomic E-state index is 12.8. The zero-order valence-corrected chi connectivity index (χ0v) is 16.0. The van der Waals surface area contributed by atoms with E-state index in [-0.39, 0.29) is 15.5 Å². The molecule has 0 fully saturated rings. The molecule has 0 spiro atoms. The Balaban J connectivity index is 2.06. The van der Waals surface area contributed by atoms with E-state index < -0.39 is 34.3 Å². The number of hydrogen-bond acceptors (Lipinski definition) is 5. The van der Waals surface area contributed by atoms with Crippen LogP contribution < -0.4 is 5.32 Å². The number of carbonyl (C=O) groups excluding carboxylic acids is 2. The molecule has 0 aliphatic heterocycles. The normalized spacial score (nSPS) is 11.3. The van der Waals surface area contributed by atoms with Crippen molar-refractivity contribution in [2.45, 2.75) is 4.90 Å². The molecule has 0 aliphatic rings. The molecule has 0 unspecified atom stereocenters. The summed E-state index contributed by atoms with van der Waals surface area (Å²) >= 11 is 5.91. The van der Waals surface area contributed by atoms with Crippen molar-refractivity contribution in [2.75, 3.05) is 26.0 Å². The molecule has 10 heteroatoms. The summed E-state index contributed by atoms with van der Waals surface area (Å²) in [5.41, 5.74) is 0.262. The minimum atomic E-state index is -3.86. The molecule has 1 N–H and O–H groups in total. The molecule has 0 saturated carbocycles. The van der Waals surface area contributed by atoms with Crippen LogP contribution in [0.5, 0.6) is 0 Å². The van der Waals surface area contributed by atoms with Gasteiger partial charge in [-0.3, -0.25) is 4.79 Å². The van der Waals surface area contributed by atoms with Crippen molar-refractivity contribution in [3.05, 3.63) is 58.9 Å². The number of hydrogen-bond donors (Lipinski definition) is 1. The fourth-order valence-corrected chi connectivity index (χ4v) is 3.36. The average molecular weight is 415 g/mol. The molecule has 2 aromatic carbocycles. The molecule has 0 radical (unpaired) electrons. The van der Waals surface area contributed by atoms with Crippen LogP contribution in [0.15, 0.2) is 47.4 Å². The standard InChI is InChI=1S/C17H16ClFN2O5S/c1-21(2)27(24,25)15-9-11(3-8-14(15)18)17(23)26-10-16(22)20-13-6-4-12(19)5-7-13/h3-9H,10H2,1-2H3,(H,20,22). The Morgan fingerprint density at radius 2 is 1.78 bits per heavy atom. The first kappa shape index (κ1) is 20.8. The number of amides is 1. The first-order valence-electron chi connectivity index (χ1n) is 7.56. The van der Waals surface area contributed by atoms with Crippen molar-refractivity contribution >= 4 is 39.2 Å². The van der Waals surface area contributed by atoms with Gasteiger partial charge in [0.25, 0.3) is 5.91 Å². The van der Waals surface area contributed by atoms with Gasteiger partial charge in [0, 0.05) is 19.8 Å².